The minimum Gasteiger partial charge on any atom is -0.344 e. The average Bonchev–Trinajstić information content (AvgIpc) is 3.10. The van der Waals surface area contributed by atoms with E-state index < -0.39 is 0 Å². The van der Waals surface area contributed by atoms with Crippen LogP contribution >= 0.6 is 11.8 Å². The lowest BCUT2D eigenvalue weighted by Gasteiger charge is -2.10. The zero-order chi connectivity index (χ0) is 17.5. The maximum absolute atomic E-state index is 11.8. The van der Waals surface area contributed by atoms with Crippen LogP contribution < -0.4 is 5.32 Å². The Morgan fingerprint density at radius 1 is 1.08 bits per heavy atom. The fourth-order valence-electron chi connectivity index (χ4n) is 2.28. The van der Waals surface area contributed by atoms with Gasteiger partial charge in [0.05, 0.1) is 12.3 Å². The van der Waals surface area contributed by atoms with Gasteiger partial charge in [0.25, 0.3) is 0 Å². The van der Waals surface area contributed by atoms with E-state index in [0.717, 1.165) is 17.1 Å². The van der Waals surface area contributed by atoms with Crippen molar-refractivity contribution in [3.63, 3.8) is 0 Å². The van der Waals surface area contributed by atoms with Gasteiger partial charge in [0, 0.05) is 11.3 Å². The second kappa shape index (κ2) is 8.18. The highest BCUT2D eigenvalue weighted by Gasteiger charge is 2.16. The van der Waals surface area contributed by atoms with Crippen LogP contribution in [0.15, 0.2) is 65.8 Å². The van der Waals surface area contributed by atoms with Crippen molar-refractivity contribution in [1.82, 2.24) is 20.1 Å². The van der Waals surface area contributed by atoms with Gasteiger partial charge in [-0.05, 0) is 12.1 Å². The zero-order valence-electron chi connectivity index (χ0n) is 13.4. The van der Waals surface area contributed by atoms with Crippen molar-refractivity contribution < 1.29 is 4.79 Å². The van der Waals surface area contributed by atoms with Crippen molar-refractivity contribution in [3.8, 4) is 29.4 Å². The fourth-order valence-corrected chi connectivity index (χ4v) is 3.06. The highest BCUT2D eigenvalue weighted by molar-refractivity contribution is 7.99. The van der Waals surface area contributed by atoms with E-state index in [2.05, 4.69) is 21.4 Å². The molecular weight excluding hydrogens is 332 g/mol. The fraction of sp³-hybridized carbons (Fsp3) is 0.105. The van der Waals surface area contributed by atoms with Crippen LogP contribution in [-0.2, 0) is 4.79 Å². The summed E-state index contributed by atoms with van der Waals surface area (Å²) in [6.07, 6.45) is 5.15. The van der Waals surface area contributed by atoms with E-state index >= 15 is 0 Å². The third-order valence-electron chi connectivity index (χ3n) is 3.40. The summed E-state index contributed by atoms with van der Waals surface area (Å²) in [5.41, 5.74) is 1.90. The van der Waals surface area contributed by atoms with Crippen LogP contribution in [0.5, 0.6) is 0 Å². The molecule has 0 aliphatic heterocycles. The summed E-state index contributed by atoms with van der Waals surface area (Å²) in [6.45, 7) is 0.222. The molecule has 124 valence electrons. The number of para-hydroxylation sites is 1. The van der Waals surface area contributed by atoms with Gasteiger partial charge in [0.1, 0.15) is 0 Å². The van der Waals surface area contributed by atoms with Crippen molar-refractivity contribution in [2.24, 2.45) is 0 Å². The Morgan fingerprint density at radius 3 is 2.44 bits per heavy atom. The van der Waals surface area contributed by atoms with Gasteiger partial charge in [0.2, 0.25) is 5.91 Å². The maximum Gasteiger partial charge on any atom is 0.231 e. The van der Waals surface area contributed by atoms with Crippen molar-refractivity contribution in [3.05, 3.63) is 60.7 Å². The standard InChI is InChI=1S/C19H16N4OS/c1-2-13-20-17(24)14-25-19-22-21-18(15-9-5-3-6-10-15)23(19)16-11-7-4-8-12-16/h1,3-12H,13-14H2,(H,20,24). The Morgan fingerprint density at radius 2 is 1.76 bits per heavy atom. The first-order valence-electron chi connectivity index (χ1n) is 7.69. The normalized spacial score (nSPS) is 10.2. The van der Waals surface area contributed by atoms with Gasteiger partial charge in [-0.3, -0.25) is 9.36 Å². The molecule has 0 fully saturated rings. The van der Waals surface area contributed by atoms with Gasteiger partial charge in [-0.2, -0.15) is 0 Å². The van der Waals surface area contributed by atoms with E-state index in [1.807, 2.05) is 65.2 Å². The van der Waals surface area contributed by atoms with Gasteiger partial charge >= 0.3 is 0 Å². The molecule has 0 radical (unpaired) electrons. The van der Waals surface area contributed by atoms with Crippen LogP contribution in [0.1, 0.15) is 0 Å². The first kappa shape index (κ1) is 16.8. The number of thioether (sulfide) groups is 1. The van der Waals surface area contributed by atoms with Crippen molar-refractivity contribution in [1.29, 1.82) is 0 Å². The molecule has 0 unspecified atom stereocenters. The number of nitrogens with one attached hydrogen (secondary N) is 1. The van der Waals surface area contributed by atoms with Crippen molar-refractivity contribution >= 4 is 17.7 Å². The topological polar surface area (TPSA) is 59.8 Å². The van der Waals surface area contributed by atoms with E-state index in [4.69, 9.17) is 6.42 Å². The number of amides is 1. The smallest absolute Gasteiger partial charge is 0.231 e. The minimum atomic E-state index is -0.133. The monoisotopic (exact) mass is 348 g/mol. The van der Waals surface area contributed by atoms with Gasteiger partial charge < -0.3 is 5.32 Å². The van der Waals surface area contributed by atoms with Crippen LogP contribution in [0.4, 0.5) is 0 Å². The highest BCUT2D eigenvalue weighted by Crippen LogP contribution is 2.27. The van der Waals surface area contributed by atoms with E-state index in [9.17, 15) is 4.79 Å². The molecule has 5 nitrogen and oxygen atoms in total. The number of terminal acetylenes is 1. The third-order valence-corrected chi connectivity index (χ3v) is 4.33. The van der Waals surface area contributed by atoms with Crippen LogP contribution in [0, 0.1) is 12.3 Å². The molecule has 25 heavy (non-hydrogen) atoms. The van der Waals surface area contributed by atoms with Crippen LogP contribution in [0.2, 0.25) is 0 Å². The van der Waals surface area contributed by atoms with Crippen LogP contribution in [0.25, 0.3) is 17.1 Å². The Hall–Kier alpha value is -3.04. The molecule has 0 aliphatic carbocycles. The minimum absolute atomic E-state index is 0.133. The maximum atomic E-state index is 11.8. The molecule has 3 aromatic rings. The molecule has 1 amide bonds. The number of benzene rings is 2. The summed E-state index contributed by atoms with van der Waals surface area (Å²) in [7, 11) is 0. The quantitative estimate of drug-likeness (QED) is 0.550. The Labute approximate surface area is 150 Å². The Bertz CT molecular complexity index is 885. The van der Waals surface area contributed by atoms with Crippen LogP contribution in [0.3, 0.4) is 0 Å². The van der Waals surface area contributed by atoms with E-state index in [1.165, 1.54) is 11.8 Å². The summed E-state index contributed by atoms with van der Waals surface area (Å²) in [4.78, 5) is 11.8. The lowest BCUT2D eigenvalue weighted by atomic mass is 10.2. The zero-order valence-corrected chi connectivity index (χ0v) is 14.2. The Balaban J connectivity index is 1.92. The molecule has 1 heterocycles. The summed E-state index contributed by atoms with van der Waals surface area (Å²) in [6, 6.07) is 19.7. The molecular formula is C19H16N4OS. The summed E-state index contributed by atoms with van der Waals surface area (Å²) < 4.78 is 1.95. The summed E-state index contributed by atoms with van der Waals surface area (Å²) in [5, 5.41) is 11.9. The second-order valence-corrected chi connectivity index (χ2v) is 6.06. The number of aromatic nitrogens is 3. The van der Waals surface area contributed by atoms with Gasteiger partial charge in [-0.15, -0.1) is 16.6 Å². The molecule has 0 spiro atoms. The SMILES string of the molecule is C#CCNC(=O)CSc1nnc(-c2ccccc2)n1-c1ccccc1. The van der Waals surface area contributed by atoms with Gasteiger partial charge in [-0.25, -0.2) is 0 Å². The van der Waals surface area contributed by atoms with Crippen molar-refractivity contribution in [2.45, 2.75) is 5.16 Å². The third kappa shape index (κ3) is 4.08. The molecule has 0 aliphatic rings. The molecule has 0 atom stereocenters. The number of hydrogen-bond donors (Lipinski definition) is 1. The first-order valence-corrected chi connectivity index (χ1v) is 8.67. The second-order valence-electron chi connectivity index (χ2n) is 5.11. The molecule has 1 aromatic heterocycles. The van der Waals surface area contributed by atoms with E-state index in [0.29, 0.717) is 5.16 Å². The predicted octanol–water partition coefficient (Wildman–Crippen LogP) is 2.78. The molecule has 2 aromatic carbocycles. The van der Waals surface area contributed by atoms with Gasteiger partial charge in [0.15, 0.2) is 11.0 Å². The molecule has 0 bridgehead atoms. The van der Waals surface area contributed by atoms with E-state index in [1.54, 1.807) is 0 Å². The highest BCUT2D eigenvalue weighted by atomic mass is 32.2. The number of hydrogen-bond acceptors (Lipinski definition) is 4. The van der Waals surface area contributed by atoms with Crippen molar-refractivity contribution in [2.75, 3.05) is 12.3 Å². The molecule has 0 saturated carbocycles. The molecule has 1 N–H and O–H groups in total. The molecule has 3 rings (SSSR count). The Kier molecular flexibility index (Phi) is 5.50. The lowest BCUT2D eigenvalue weighted by Crippen LogP contribution is -2.25. The predicted molar refractivity (Wildman–Crippen MR) is 99.4 cm³/mol. The lowest BCUT2D eigenvalue weighted by molar-refractivity contribution is -0.118. The van der Waals surface area contributed by atoms with Gasteiger partial charge in [-0.1, -0.05) is 66.2 Å². The number of carbonyl (C=O) groups is 1. The largest absolute Gasteiger partial charge is 0.344 e. The summed E-state index contributed by atoms with van der Waals surface area (Å²) in [5.74, 6) is 3.21. The number of carbonyl (C=O) groups excluding carboxylic acids is 1. The first-order chi connectivity index (χ1) is 12.3. The number of nitrogens with zero attached hydrogens (tertiary/aromatic N) is 3. The average molecular weight is 348 g/mol. The summed E-state index contributed by atoms with van der Waals surface area (Å²) >= 11 is 1.32. The molecule has 0 saturated heterocycles. The molecule has 6 heteroatoms. The van der Waals surface area contributed by atoms with E-state index in [-0.39, 0.29) is 18.2 Å². The number of rotatable bonds is 6. The van der Waals surface area contributed by atoms with Crippen LogP contribution in [-0.4, -0.2) is 33.0 Å².